The topological polar surface area (TPSA) is 87.7 Å². The molecule has 2 N–H and O–H groups in total. The molecule has 8 heteroatoms. The first-order valence-electron chi connectivity index (χ1n) is 11.2. The van der Waals surface area contributed by atoms with E-state index in [9.17, 15) is 14.4 Å². The van der Waals surface area contributed by atoms with Gasteiger partial charge in [0.15, 0.2) is 5.11 Å². The van der Waals surface area contributed by atoms with Gasteiger partial charge in [-0.15, -0.1) is 0 Å². The Morgan fingerprint density at radius 1 is 0.886 bits per heavy atom. The lowest BCUT2D eigenvalue weighted by Crippen LogP contribution is -2.34. The Balaban J connectivity index is 1.42. The molecule has 0 heterocycles. The van der Waals surface area contributed by atoms with Crippen molar-refractivity contribution in [2.75, 3.05) is 23.9 Å². The van der Waals surface area contributed by atoms with Crippen molar-refractivity contribution < 1.29 is 19.1 Å². The van der Waals surface area contributed by atoms with Crippen LogP contribution in [0, 0.1) is 0 Å². The summed E-state index contributed by atoms with van der Waals surface area (Å²) in [5.74, 6) is -1.03. The van der Waals surface area contributed by atoms with E-state index in [1.165, 1.54) is 0 Å². The molecule has 2 amide bonds. The molecule has 3 aromatic carbocycles. The smallest absolute Gasteiger partial charge is 0.306 e. The second-order valence-electron chi connectivity index (χ2n) is 7.74. The van der Waals surface area contributed by atoms with E-state index in [1.54, 1.807) is 36.2 Å². The minimum Gasteiger partial charge on any atom is -0.465 e. The first-order valence-corrected chi connectivity index (χ1v) is 11.6. The van der Waals surface area contributed by atoms with Crippen molar-refractivity contribution in [2.24, 2.45) is 0 Å². The molecule has 0 unspecified atom stereocenters. The molecule has 0 fully saturated rings. The maximum absolute atomic E-state index is 12.8. The van der Waals surface area contributed by atoms with Crippen LogP contribution >= 0.6 is 12.2 Å². The zero-order valence-corrected chi connectivity index (χ0v) is 20.2. The van der Waals surface area contributed by atoms with Crippen LogP contribution in [0.15, 0.2) is 84.9 Å². The Hall–Kier alpha value is -4.04. The molecule has 7 nitrogen and oxygen atoms in total. The molecule has 0 saturated heterocycles. The van der Waals surface area contributed by atoms with Gasteiger partial charge in [0.05, 0.1) is 13.0 Å². The van der Waals surface area contributed by atoms with Gasteiger partial charge in [0.2, 0.25) is 5.91 Å². The first kappa shape index (κ1) is 25.6. The fraction of sp³-hybridized carbons (Fsp3) is 0.185. The summed E-state index contributed by atoms with van der Waals surface area (Å²) in [5, 5.41) is 5.52. The zero-order valence-electron chi connectivity index (χ0n) is 19.4. The summed E-state index contributed by atoms with van der Waals surface area (Å²) in [7, 11) is 1.70. The van der Waals surface area contributed by atoms with Crippen LogP contribution in [0.3, 0.4) is 0 Å². The number of hydrogen-bond donors (Lipinski definition) is 2. The number of amides is 2. The molecule has 180 valence electrons. The molecule has 0 radical (unpaired) electrons. The number of esters is 1. The second-order valence-corrected chi connectivity index (χ2v) is 8.15. The minimum atomic E-state index is -0.441. The van der Waals surface area contributed by atoms with Gasteiger partial charge >= 0.3 is 5.97 Å². The molecular weight excluding hydrogens is 462 g/mol. The molecule has 0 saturated carbocycles. The van der Waals surface area contributed by atoms with Gasteiger partial charge in [-0.3, -0.25) is 14.4 Å². The van der Waals surface area contributed by atoms with Crippen molar-refractivity contribution in [3.05, 3.63) is 96.1 Å². The summed E-state index contributed by atoms with van der Waals surface area (Å²) in [4.78, 5) is 38.4. The Morgan fingerprint density at radius 3 is 2.29 bits per heavy atom. The van der Waals surface area contributed by atoms with E-state index in [1.807, 2.05) is 60.7 Å². The molecular formula is C27H27N3O4S. The Labute approximate surface area is 210 Å². The molecule has 0 aliphatic rings. The normalized spacial score (nSPS) is 10.2. The average Bonchev–Trinajstić information content (AvgIpc) is 2.88. The van der Waals surface area contributed by atoms with Gasteiger partial charge in [-0.25, -0.2) is 0 Å². The summed E-state index contributed by atoms with van der Waals surface area (Å²) in [6.45, 7) is 0.263. The lowest BCUT2D eigenvalue weighted by Gasteiger charge is -2.18. The number of nitrogens with one attached hydrogen (secondary N) is 2. The van der Waals surface area contributed by atoms with Crippen LogP contribution in [-0.2, 0) is 20.7 Å². The fourth-order valence-corrected chi connectivity index (χ4v) is 3.49. The molecule has 0 aliphatic carbocycles. The number of nitrogens with zero attached hydrogens (tertiary/aromatic N) is 1. The van der Waals surface area contributed by atoms with Crippen molar-refractivity contribution in [2.45, 2.75) is 19.3 Å². The third kappa shape index (κ3) is 8.35. The molecule has 0 bridgehead atoms. The van der Waals surface area contributed by atoms with E-state index in [0.717, 1.165) is 11.3 Å². The SMILES string of the molecule is CN(C(=O)c1cccc(NC(=S)NC(=O)CCC(=O)OCCc2ccccc2)c1)c1ccccc1. The van der Waals surface area contributed by atoms with Crippen LogP contribution in [0.4, 0.5) is 11.4 Å². The molecule has 35 heavy (non-hydrogen) atoms. The third-order valence-corrected chi connectivity index (χ3v) is 5.33. The quantitative estimate of drug-likeness (QED) is 0.343. The van der Waals surface area contributed by atoms with Crippen molar-refractivity contribution >= 4 is 46.5 Å². The largest absolute Gasteiger partial charge is 0.465 e. The highest BCUT2D eigenvalue weighted by molar-refractivity contribution is 7.80. The van der Waals surface area contributed by atoms with E-state index in [4.69, 9.17) is 17.0 Å². The van der Waals surface area contributed by atoms with E-state index in [0.29, 0.717) is 17.7 Å². The standard InChI is InChI=1S/C27H27N3O4S/c1-30(23-13-6-3-7-14-23)26(33)21-11-8-12-22(19-21)28-27(35)29-24(31)15-16-25(32)34-18-17-20-9-4-2-5-10-20/h2-14,19H,15-18H2,1H3,(H2,28,29,31,35). The highest BCUT2D eigenvalue weighted by Gasteiger charge is 2.14. The first-order chi connectivity index (χ1) is 16.9. The van der Waals surface area contributed by atoms with Gasteiger partial charge in [0, 0.05) is 36.8 Å². The van der Waals surface area contributed by atoms with Crippen molar-refractivity contribution in [3.8, 4) is 0 Å². The maximum Gasteiger partial charge on any atom is 0.306 e. The lowest BCUT2D eigenvalue weighted by atomic mass is 10.1. The number of thiocarbonyl (C=S) groups is 1. The Bertz CT molecular complexity index is 1170. The minimum absolute atomic E-state index is 0.0426. The van der Waals surface area contributed by atoms with Crippen LogP contribution in [0.1, 0.15) is 28.8 Å². The van der Waals surface area contributed by atoms with Crippen LogP contribution in [0.5, 0.6) is 0 Å². The lowest BCUT2D eigenvalue weighted by molar-refractivity contribution is -0.144. The molecule has 0 spiro atoms. The monoisotopic (exact) mass is 489 g/mol. The van der Waals surface area contributed by atoms with Crippen LogP contribution in [-0.4, -0.2) is 36.6 Å². The number of benzene rings is 3. The summed E-state index contributed by atoms with van der Waals surface area (Å²) in [5.41, 5.74) is 2.88. The molecule has 3 rings (SSSR count). The Kier molecular flexibility index (Phi) is 9.50. The van der Waals surface area contributed by atoms with Gasteiger partial charge < -0.3 is 20.3 Å². The third-order valence-electron chi connectivity index (χ3n) is 5.12. The number of rotatable bonds is 9. The number of para-hydroxylation sites is 1. The van der Waals surface area contributed by atoms with E-state index >= 15 is 0 Å². The average molecular weight is 490 g/mol. The molecule has 0 aromatic heterocycles. The van der Waals surface area contributed by atoms with Gasteiger partial charge in [-0.05, 0) is 48.1 Å². The van der Waals surface area contributed by atoms with E-state index < -0.39 is 11.9 Å². The predicted octanol–water partition coefficient (Wildman–Crippen LogP) is 4.34. The fourth-order valence-electron chi connectivity index (χ4n) is 3.26. The number of hydrogen-bond acceptors (Lipinski definition) is 5. The van der Waals surface area contributed by atoms with Crippen molar-refractivity contribution in [1.82, 2.24) is 5.32 Å². The molecule has 3 aromatic rings. The van der Waals surface area contributed by atoms with E-state index in [-0.39, 0.29) is 30.5 Å². The summed E-state index contributed by atoms with van der Waals surface area (Å²) in [6.07, 6.45) is 0.529. The van der Waals surface area contributed by atoms with Crippen LogP contribution in [0.25, 0.3) is 0 Å². The molecule has 0 aliphatic heterocycles. The van der Waals surface area contributed by atoms with Crippen LogP contribution < -0.4 is 15.5 Å². The number of carbonyl (C=O) groups excluding carboxylic acids is 3. The van der Waals surface area contributed by atoms with Gasteiger partial charge in [-0.2, -0.15) is 0 Å². The van der Waals surface area contributed by atoms with E-state index in [2.05, 4.69) is 10.6 Å². The van der Waals surface area contributed by atoms with Gasteiger partial charge in [0.25, 0.3) is 5.91 Å². The number of carbonyl (C=O) groups is 3. The van der Waals surface area contributed by atoms with Gasteiger partial charge in [-0.1, -0.05) is 54.6 Å². The number of ether oxygens (including phenoxy) is 1. The van der Waals surface area contributed by atoms with Crippen molar-refractivity contribution in [1.29, 1.82) is 0 Å². The van der Waals surface area contributed by atoms with Crippen molar-refractivity contribution in [3.63, 3.8) is 0 Å². The zero-order chi connectivity index (χ0) is 25.0. The van der Waals surface area contributed by atoms with Gasteiger partial charge in [0.1, 0.15) is 0 Å². The Morgan fingerprint density at radius 2 is 1.57 bits per heavy atom. The molecule has 0 atom stereocenters. The second kappa shape index (κ2) is 13.0. The highest BCUT2D eigenvalue weighted by Crippen LogP contribution is 2.17. The summed E-state index contributed by atoms with van der Waals surface area (Å²) >= 11 is 5.20. The predicted molar refractivity (Wildman–Crippen MR) is 140 cm³/mol. The number of anilines is 2. The maximum atomic E-state index is 12.8. The van der Waals surface area contributed by atoms with Crippen LogP contribution in [0.2, 0.25) is 0 Å². The summed E-state index contributed by atoms with van der Waals surface area (Å²) in [6, 6.07) is 25.8. The highest BCUT2D eigenvalue weighted by atomic mass is 32.1. The summed E-state index contributed by atoms with van der Waals surface area (Å²) < 4.78 is 5.18.